The Bertz CT molecular complexity index is 285. The molecule has 0 saturated heterocycles. The van der Waals surface area contributed by atoms with E-state index in [-0.39, 0.29) is 6.15 Å². The van der Waals surface area contributed by atoms with Crippen LogP contribution in [0.1, 0.15) is 44.7 Å². The molecule has 5 N–H and O–H groups in total. The van der Waals surface area contributed by atoms with E-state index in [2.05, 4.69) is 36.3 Å². The molecule has 4 nitrogen and oxygen atoms in total. The van der Waals surface area contributed by atoms with Gasteiger partial charge in [0.25, 0.3) is 0 Å². The SMILES string of the molecule is CC(C)c1ccc(NCCCCCO)cn1.N. The molecule has 0 aliphatic heterocycles. The summed E-state index contributed by atoms with van der Waals surface area (Å²) in [7, 11) is 0. The number of anilines is 1. The average Bonchev–Trinajstić information content (AvgIpc) is 2.29. The smallest absolute Gasteiger partial charge is 0.0526 e. The first-order valence-corrected chi connectivity index (χ1v) is 6.04. The third kappa shape index (κ3) is 6.24. The van der Waals surface area contributed by atoms with E-state index in [9.17, 15) is 0 Å². The lowest BCUT2D eigenvalue weighted by Crippen LogP contribution is -2.03. The van der Waals surface area contributed by atoms with E-state index in [1.807, 2.05) is 6.20 Å². The highest BCUT2D eigenvalue weighted by atomic mass is 16.2. The summed E-state index contributed by atoms with van der Waals surface area (Å²) in [6.45, 7) is 5.53. The van der Waals surface area contributed by atoms with Gasteiger partial charge in [0.15, 0.2) is 0 Å². The van der Waals surface area contributed by atoms with E-state index in [1.54, 1.807) is 0 Å². The second-order valence-electron chi connectivity index (χ2n) is 4.34. The van der Waals surface area contributed by atoms with E-state index in [0.29, 0.717) is 12.5 Å². The molecule has 98 valence electrons. The highest BCUT2D eigenvalue weighted by molar-refractivity contribution is 5.41. The molecular weight excluding hydrogens is 214 g/mol. The van der Waals surface area contributed by atoms with Crippen LogP contribution in [0.2, 0.25) is 0 Å². The quantitative estimate of drug-likeness (QED) is 0.639. The number of hydrogen-bond acceptors (Lipinski definition) is 4. The van der Waals surface area contributed by atoms with Crippen LogP contribution >= 0.6 is 0 Å². The number of hydrogen-bond donors (Lipinski definition) is 3. The Hall–Kier alpha value is -1.13. The van der Waals surface area contributed by atoms with Crippen LogP contribution in [-0.2, 0) is 0 Å². The third-order valence-corrected chi connectivity index (χ3v) is 2.54. The zero-order valence-electron chi connectivity index (χ0n) is 10.9. The lowest BCUT2D eigenvalue weighted by molar-refractivity contribution is 0.283. The molecule has 4 heteroatoms. The standard InChI is InChI=1S/C13H22N2O.H3N/c1-11(2)13-7-6-12(10-15-13)14-8-4-3-5-9-16;/h6-7,10-11,14,16H,3-5,8-9H2,1-2H3;1H3. The van der Waals surface area contributed by atoms with Gasteiger partial charge in [0.2, 0.25) is 0 Å². The highest BCUT2D eigenvalue weighted by Crippen LogP contribution is 2.13. The second-order valence-corrected chi connectivity index (χ2v) is 4.34. The fourth-order valence-electron chi connectivity index (χ4n) is 1.50. The first-order valence-electron chi connectivity index (χ1n) is 6.04. The van der Waals surface area contributed by atoms with Gasteiger partial charge in [-0.2, -0.15) is 0 Å². The molecule has 0 fully saturated rings. The van der Waals surface area contributed by atoms with E-state index in [1.165, 1.54) is 0 Å². The summed E-state index contributed by atoms with van der Waals surface area (Å²) in [5, 5.41) is 12.0. The van der Waals surface area contributed by atoms with Crippen LogP contribution in [0.3, 0.4) is 0 Å². The van der Waals surface area contributed by atoms with Gasteiger partial charge in [-0.05, 0) is 37.3 Å². The normalized spacial score (nSPS) is 10.1. The minimum Gasteiger partial charge on any atom is -0.396 e. The van der Waals surface area contributed by atoms with Crippen LogP contribution in [0.5, 0.6) is 0 Å². The molecule has 1 rings (SSSR count). The largest absolute Gasteiger partial charge is 0.396 e. The Kier molecular flexibility index (Phi) is 8.36. The summed E-state index contributed by atoms with van der Waals surface area (Å²) < 4.78 is 0. The molecule has 0 saturated carbocycles. The Balaban J connectivity index is 0.00000256. The van der Waals surface area contributed by atoms with Crippen molar-refractivity contribution in [3.05, 3.63) is 24.0 Å². The molecule has 0 bridgehead atoms. The van der Waals surface area contributed by atoms with E-state index in [0.717, 1.165) is 37.2 Å². The molecule has 0 unspecified atom stereocenters. The van der Waals surface area contributed by atoms with Crippen molar-refractivity contribution in [3.8, 4) is 0 Å². The van der Waals surface area contributed by atoms with Crippen molar-refractivity contribution in [2.75, 3.05) is 18.5 Å². The van der Waals surface area contributed by atoms with Gasteiger partial charge in [-0.15, -0.1) is 0 Å². The van der Waals surface area contributed by atoms with Gasteiger partial charge < -0.3 is 16.6 Å². The number of aliphatic hydroxyl groups is 1. The fourth-order valence-corrected chi connectivity index (χ4v) is 1.50. The van der Waals surface area contributed by atoms with Crippen LogP contribution in [0.4, 0.5) is 5.69 Å². The molecule has 0 aliphatic rings. The zero-order chi connectivity index (χ0) is 11.8. The molecule has 1 heterocycles. The van der Waals surface area contributed by atoms with Crippen molar-refractivity contribution in [2.45, 2.75) is 39.0 Å². The van der Waals surface area contributed by atoms with Crippen molar-refractivity contribution in [2.24, 2.45) is 0 Å². The van der Waals surface area contributed by atoms with Gasteiger partial charge >= 0.3 is 0 Å². The van der Waals surface area contributed by atoms with E-state index >= 15 is 0 Å². The predicted molar refractivity (Wildman–Crippen MR) is 72.8 cm³/mol. The molecule has 17 heavy (non-hydrogen) atoms. The molecule has 0 radical (unpaired) electrons. The summed E-state index contributed by atoms with van der Waals surface area (Å²) >= 11 is 0. The highest BCUT2D eigenvalue weighted by Gasteiger charge is 1.99. The second kappa shape index (κ2) is 8.96. The summed E-state index contributed by atoms with van der Waals surface area (Å²) in [6, 6.07) is 4.15. The Labute approximate surface area is 104 Å². The number of aliphatic hydroxyl groups excluding tert-OH is 1. The number of rotatable bonds is 7. The topological polar surface area (TPSA) is 80.2 Å². The van der Waals surface area contributed by atoms with Gasteiger partial charge in [0, 0.05) is 18.8 Å². The van der Waals surface area contributed by atoms with Gasteiger partial charge in [-0.3, -0.25) is 4.98 Å². The van der Waals surface area contributed by atoms with Gasteiger partial charge in [0.1, 0.15) is 0 Å². The summed E-state index contributed by atoms with van der Waals surface area (Å²) in [6.07, 6.45) is 4.95. The monoisotopic (exact) mass is 239 g/mol. The van der Waals surface area contributed by atoms with Crippen LogP contribution in [0.25, 0.3) is 0 Å². The van der Waals surface area contributed by atoms with Crippen LogP contribution in [-0.4, -0.2) is 23.2 Å². The molecular formula is C13H25N3O. The zero-order valence-corrected chi connectivity index (χ0v) is 10.9. The summed E-state index contributed by atoms with van der Waals surface area (Å²) in [5.41, 5.74) is 2.21. The number of unbranched alkanes of at least 4 members (excludes halogenated alkanes) is 2. The summed E-state index contributed by atoms with van der Waals surface area (Å²) in [5.74, 6) is 0.485. The first-order chi connectivity index (χ1) is 7.74. The van der Waals surface area contributed by atoms with E-state index in [4.69, 9.17) is 5.11 Å². The molecule has 1 aromatic heterocycles. The minimum absolute atomic E-state index is 0. The molecule has 1 aromatic rings. The van der Waals surface area contributed by atoms with Crippen LogP contribution in [0, 0.1) is 0 Å². The molecule has 0 aromatic carbocycles. The third-order valence-electron chi connectivity index (χ3n) is 2.54. The minimum atomic E-state index is 0. The van der Waals surface area contributed by atoms with Crippen molar-refractivity contribution < 1.29 is 5.11 Å². The Morgan fingerprint density at radius 2 is 2.00 bits per heavy atom. The number of pyridine rings is 1. The van der Waals surface area contributed by atoms with E-state index < -0.39 is 0 Å². The maximum absolute atomic E-state index is 8.63. The number of nitrogens with zero attached hydrogens (tertiary/aromatic N) is 1. The molecule has 0 amide bonds. The molecule has 0 aliphatic carbocycles. The van der Waals surface area contributed by atoms with Gasteiger partial charge in [0.05, 0.1) is 11.9 Å². The molecule has 0 atom stereocenters. The number of aromatic nitrogens is 1. The average molecular weight is 239 g/mol. The first kappa shape index (κ1) is 15.9. The fraction of sp³-hybridized carbons (Fsp3) is 0.615. The Morgan fingerprint density at radius 3 is 2.53 bits per heavy atom. The van der Waals surface area contributed by atoms with Crippen LogP contribution < -0.4 is 11.5 Å². The maximum atomic E-state index is 8.63. The predicted octanol–water partition coefficient (Wildman–Crippen LogP) is 2.94. The van der Waals surface area contributed by atoms with Crippen molar-refractivity contribution in [1.82, 2.24) is 11.1 Å². The van der Waals surface area contributed by atoms with Crippen LogP contribution in [0.15, 0.2) is 18.3 Å². The van der Waals surface area contributed by atoms with Gasteiger partial charge in [-0.25, -0.2) is 0 Å². The summed E-state index contributed by atoms with van der Waals surface area (Å²) in [4.78, 5) is 4.39. The maximum Gasteiger partial charge on any atom is 0.0526 e. The Morgan fingerprint density at radius 1 is 1.24 bits per heavy atom. The van der Waals surface area contributed by atoms with Gasteiger partial charge in [-0.1, -0.05) is 13.8 Å². The van der Waals surface area contributed by atoms with Crippen molar-refractivity contribution in [1.29, 1.82) is 0 Å². The number of nitrogens with one attached hydrogen (secondary N) is 1. The van der Waals surface area contributed by atoms with Crippen molar-refractivity contribution in [3.63, 3.8) is 0 Å². The van der Waals surface area contributed by atoms with Crippen molar-refractivity contribution >= 4 is 5.69 Å². The lowest BCUT2D eigenvalue weighted by atomic mass is 10.1. The lowest BCUT2D eigenvalue weighted by Gasteiger charge is -2.08. The molecule has 0 spiro atoms.